The van der Waals surface area contributed by atoms with E-state index in [2.05, 4.69) is 9.82 Å². The predicted molar refractivity (Wildman–Crippen MR) is 95.3 cm³/mol. The molecule has 124 valence electrons. The second-order valence-electron chi connectivity index (χ2n) is 5.48. The van der Waals surface area contributed by atoms with Gasteiger partial charge in [0.05, 0.1) is 10.7 Å². The van der Waals surface area contributed by atoms with Gasteiger partial charge in [0.2, 0.25) is 0 Å². The number of nitrogens with one attached hydrogen (secondary N) is 1. The number of benzene rings is 2. The first-order valence-electron chi connectivity index (χ1n) is 7.27. The highest BCUT2D eigenvalue weighted by Gasteiger charge is 2.20. The summed E-state index contributed by atoms with van der Waals surface area (Å²) in [7, 11) is -3.81. The van der Waals surface area contributed by atoms with Gasteiger partial charge in [0, 0.05) is 11.8 Å². The molecule has 0 aliphatic heterocycles. The molecule has 0 aliphatic rings. The van der Waals surface area contributed by atoms with Gasteiger partial charge in [0.15, 0.2) is 5.82 Å². The molecule has 1 N–H and O–H groups in total. The number of anilines is 1. The Hall–Kier alpha value is -2.31. The Balaban J connectivity index is 1.95. The molecule has 0 aliphatic carbocycles. The minimum atomic E-state index is -3.81. The van der Waals surface area contributed by atoms with E-state index in [9.17, 15) is 8.42 Å². The van der Waals surface area contributed by atoms with Gasteiger partial charge in [-0.3, -0.25) is 4.72 Å². The molecule has 0 unspecified atom stereocenters. The van der Waals surface area contributed by atoms with E-state index in [1.807, 2.05) is 37.3 Å². The molecule has 0 atom stereocenters. The third-order valence-electron chi connectivity index (χ3n) is 3.53. The number of hydrogen-bond donors (Lipinski definition) is 1. The molecule has 0 saturated heterocycles. The summed E-state index contributed by atoms with van der Waals surface area (Å²) in [6.45, 7) is 3.64. The van der Waals surface area contributed by atoms with Gasteiger partial charge in [0.25, 0.3) is 10.0 Å². The van der Waals surface area contributed by atoms with Crippen molar-refractivity contribution in [3.8, 4) is 5.69 Å². The van der Waals surface area contributed by atoms with Crippen LogP contribution in [0.4, 0.5) is 5.82 Å². The van der Waals surface area contributed by atoms with Crippen LogP contribution >= 0.6 is 11.6 Å². The number of rotatable bonds is 4. The summed E-state index contributed by atoms with van der Waals surface area (Å²) >= 11 is 6.08. The Morgan fingerprint density at radius 3 is 2.46 bits per heavy atom. The van der Waals surface area contributed by atoms with Crippen LogP contribution in [0.2, 0.25) is 5.02 Å². The van der Waals surface area contributed by atoms with Gasteiger partial charge in [-0.2, -0.15) is 0 Å². The molecule has 0 amide bonds. The summed E-state index contributed by atoms with van der Waals surface area (Å²) in [5.41, 5.74) is 2.45. The number of sulfonamides is 1. The maximum Gasteiger partial charge on any atom is 0.264 e. The van der Waals surface area contributed by atoms with Crippen molar-refractivity contribution in [2.24, 2.45) is 0 Å². The molecule has 24 heavy (non-hydrogen) atoms. The van der Waals surface area contributed by atoms with E-state index in [0.29, 0.717) is 5.56 Å². The highest BCUT2D eigenvalue weighted by Crippen LogP contribution is 2.25. The smallest absolute Gasteiger partial charge is 0.262 e. The van der Waals surface area contributed by atoms with Gasteiger partial charge in [-0.05, 0) is 43.7 Å². The quantitative estimate of drug-likeness (QED) is 0.765. The lowest BCUT2D eigenvalue weighted by Crippen LogP contribution is -2.14. The van der Waals surface area contributed by atoms with Crippen molar-refractivity contribution in [3.05, 3.63) is 70.9 Å². The minimum Gasteiger partial charge on any atom is -0.262 e. The summed E-state index contributed by atoms with van der Waals surface area (Å²) in [5, 5.41) is 4.50. The molecule has 0 radical (unpaired) electrons. The Morgan fingerprint density at radius 2 is 1.79 bits per heavy atom. The van der Waals surface area contributed by atoms with Gasteiger partial charge in [0.1, 0.15) is 4.90 Å². The maximum atomic E-state index is 12.6. The van der Waals surface area contributed by atoms with Crippen molar-refractivity contribution in [2.45, 2.75) is 18.7 Å². The molecule has 2 aromatic carbocycles. The molecule has 0 saturated carbocycles. The molecule has 3 rings (SSSR count). The van der Waals surface area contributed by atoms with E-state index in [1.54, 1.807) is 29.9 Å². The first-order chi connectivity index (χ1) is 11.4. The standard InChI is InChI=1S/C17H16ClN3O2S/c1-12-8-9-16(15(18)10-12)24(22,23)20-17-13(2)11-21(19-17)14-6-4-3-5-7-14/h3-11H,1-2H3,(H,19,20). The van der Waals surface area contributed by atoms with Crippen molar-refractivity contribution in [1.82, 2.24) is 9.78 Å². The largest absolute Gasteiger partial charge is 0.264 e. The third kappa shape index (κ3) is 3.29. The summed E-state index contributed by atoms with van der Waals surface area (Å²) in [5.74, 6) is 0.274. The van der Waals surface area contributed by atoms with E-state index < -0.39 is 10.0 Å². The lowest BCUT2D eigenvalue weighted by Gasteiger charge is -2.08. The zero-order valence-corrected chi connectivity index (χ0v) is 14.8. The highest BCUT2D eigenvalue weighted by atomic mass is 35.5. The average molecular weight is 362 g/mol. The summed E-state index contributed by atoms with van der Waals surface area (Å²) in [4.78, 5) is 0.0310. The summed E-state index contributed by atoms with van der Waals surface area (Å²) in [6, 6.07) is 14.3. The first kappa shape index (κ1) is 16.5. The molecule has 7 heteroatoms. The van der Waals surface area contributed by atoms with Crippen molar-refractivity contribution < 1.29 is 8.42 Å². The van der Waals surface area contributed by atoms with Crippen LogP contribution in [0, 0.1) is 13.8 Å². The van der Waals surface area contributed by atoms with Gasteiger partial charge in [-0.15, -0.1) is 5.10 Å². The molecule has 5 nitrogen and oxygen atoms in total. The minimum absolute atomic E-state index is 0.0310. The monoisotopic (exact) mass is 361 g/mol. The second kappa shape index (κ2) is 6.30. The number of aryl methyl sites for hydroxylation is 2. The third-order valence-corrected chi connectivity index (χ3v) is 5.35. The van der Waals surface area contributed by atoms with Crippen molar-refractivity contribution in [3.63, 3.8) is 0 Å². The predicted octanol–water partition coefficient (Wildman–Crippen LogP) is 3.94. The molecule has 0 bridgehead atoms. The number of hydrogen-bond acceptors (Lipinski definition) is 3. The molecular formula is C17H16ClN3O2S. The fourth-order valence-corrected chi connectivity index (χ4v) is 3.95. The maximum absolute atomic E-state index is 12.6. The van der Waals surface area contributed by atoms with Crippen LogP contribution in [0.1, 0.15) is 11.1 Å². The lowest BCUT2D eigenvalue weighted by molar-refractivity contribution is 0.601. The highest BCUT2D eigenvalue weighted by molar-refractivity contribution is 7.92. The SMILES string of the molecule is Cc1ccc(S(=O)(=O)Nc2nn(-c3ccccc3)cc2C)c(Cl)c1. The van der Waals surface area contributed by atoms with E-state index in [-0.39, 0.29) is 15.7 Å². The molecule has 1 heterocycles. The van der Waals surface area contributed by atoms with Crippen LogP contribution in [0.5, 0.6) is 0 Å². The fourth-order valence-electron chi connectivity index (χ4n) is 2.28. The van der Waals surface area contributed by atoms with E-state index >= 15 is 0 Å². The zero-order chi connectivity index (χ0) is 17.3. The van der Waals surface area contributed by atoms with Gasteiger partial charge >= 0.3 is 0 Å². The lowest BCUT2D eigenvalue weighted by atomic mass is 10.2. The van der Waals surface area contributed by atoms with Crippen molar-refractivity contribution in [2.75, 3.05) is 4.72 Å². The molecule has 0 spiro atoms. The van der Waals surface area contributed by atoms with E-state index in [4.69, 9.17) is 11.6 Å². The average Bonchev–Trinajstić information content (AvgIpc) is 2.88. The number of aromatic nitrogens is 2. The van der Waals surface area contributed by atoms with Crippen molar-refractivity contribution in [1.29, 1.82) is 0 Å². The first-order valence-corrected chi connectivity index (χ1v) is 9.13. The van der Waals surface area contributed by atoms with Crippen LogP contribution in [0.25, 0.3) is 5.69 Å². The van der Waals surface area contributed by atoms with E-state index in [1.165, 1.54) is 6.07 Å². The number of halogens is 1. The van der Waals surface area contributed by atoms with Gasteiger partial charge in [-0.1, -0.05) is 35.9 Å². The Bertz CT molecular complexity index is 982. The number of nitrogens with zero attached hydrogens (tertiary/aromatic N) is 2. The Kier molecular flexibility index (Phi) is 4.34. The topological polar surface area (TPSA) is 64.0 Å². The van der Waals surface area contributed by atoms with Crippen LogP contribution in [0.15, 0.2) is 59.6 Å². The van der Waals surface area contributed by atoms with Crippen LogP contribution in [-0.4, -0.2) is 18.2 Å². The van der Waals surface area contributed by atoms with E-state index in [0.717, 1.165) is 11.3 Å². The van der Waals surface area contributed by atoms with Gasteiger partial charge < -0.3 is 0 Å². The summed E-state index contributed by atoms with van der Waals surface area (Å²) in [6.07, 6.45) is 1.77. The van der Waals surface area contributed by atoms with Crippen LogP contribution in [0.3, 0.4) is 0 Å². The van der Waals surface area contributed by atoms with Gasteiger partial charge in [-0.25, -0.2) is 13.1 Å². The van der Waals surface area contributed by atoms with Crippen molar-refractivity contribution >= 4 is 27.4 Å². The molecule has 1 aromatic heterocycles. The number of para-hydroxylation sites is 1. The molecule has 0 fully saturated rings. The fraction of sp³-hybridized carbons (Fsp3) is 0.118. The molecule has 3 aromatic rings. The van der Waals surface area contributed by atoms with Crippen LogP contribution < -0.4 is 4.72 Å². The zero-order valence-electron chi connectivity index (χ0n) is 13.2. The molecular weight excluding hydrogens is 346 g/mol. The second-order valence-corrected chi connectivity index (χ2v) is 7.54. The summed E-state index contributed by atoms with van der Waals surface area (Å²) < 4.78 is 29.3. The normalized spacial score (nSPS) is 11.5. The van der Waals surface area contributed by atoms with Crippen LogP contribution in [-0.2, 0) is 10.0 Å². The Morgan fingerprint density at radius 1 is 1.08 bits per heavy atom. The Labute approximate surface area is 145 Å².